The van der Waals surface area contributed by atoms with Crippen molar-refractivity contribution in [3.05, 3.63) is 0 Å². The molecule has 15 heavy (non-hydrogen) atoms. The van der Waals surface area contributed by atoms with Gasteiger partial charge in [-0.25, -0.2) is 0 Å². The van der Waals surface area contributed by atoms with Crippen LogP contribution in [0.25, 0.3) is 0 Å². The third kappa shape index (κ3) is 5.21. The number of nitrogens with zero attached hydrogens (tertiary/aromatic N) is 1. The number of nitrogens with two attached hydrogens (primary N) is 1. The Morgan fingerprint density at radius 3 is 2.60 bits per heavy atom. The first-order valence-electron chi connectivity index (χ1n) is 4.83. The van der Waals surface area contributed by atoms with Crippen molar-refractivity contribution in [3.63, 3.8) is 0 Å². The SMILES string of the molecule is CNC(=O)C(C)(C)CNCCC(N)=NO. The molecular formula is C9H20N4O2. The second kappa shape index (κ2) is 6.23. The molecule has 88 valence electrons. The fourth-order valence-electron chi connectivity index (χ4n) is 1.09. The monoisotopic (exact) mass is 216 g/mol. The van der Waals surface area contributed by atoms with Crippen LogP contribution in [0.3, 0.4) is 0 Å². The van der Waals surface area contributed by atoms with Gasteiger partial charge in [-0.3, -0.25) is 4.79 Å². The number of carbonyl (C=O) groups excluding carboxylic acids is 1. The number of oxime groups is 1. The van der Waals surface area contributed by atoms with Gasteiger partial charge in [-0.15, -0.1) is 0 Å². The van der Waals surface area contributed by atoms with Gasteiger partial charge in [-0.1, -0.05) is 5.16 Å². The van der Waals surface area contributed by atoms with E-state index in [1.807, 2.05) is 13.8 Å². The van der Waals surface area contributed by atoms with E-state index in [0.29, 0.717) is 19.5 Å². The molecule has 0 fully saturated rings. The number of carbonyl (C=O) groups is 1. The molecule has 0 radical (unpaired) electrons. The minimum absolute atomic E-state index is 0.0150. The van der Waals surface area contributed by atoms with Crippen LogP contribution in [0.4, 0.5) is 0 Å². The quantitative estimate of drug-likeness (QED) is 0.158. The van der Waals surface area contributed by atoms with Gasteiger partial charge in [0.15, 0.2) is 0 Å². The summed E-state index contributed by atoms with van der Waals surface area (Å²) in [6.45, 7) is 4.83. The summed E-state index contributed by atoms with van der Waals surface area (Å²) in [5.41, 5.74) is 4.83. The van der Waals surface area contributed by atoms with E-state index >= 15 is 0 Å². The fraction of sp³-hybridized carbons (Fsp3) is 0.778. The molecule has 0 saturated heterocycles. The maximum atomic E-state index is 11.4. The maximum Gasteiger partial charge on any atom is 0.226 e. The zero-order chi connectivity index (χ0) is 11.9. The normalized spacial score (nSPS) is 12.6. The standard InChI is InChI=1S/C9H20N4O2/c1-9(2,8(14)11-3)6-12-5-4-7(10)13-15/h12,15H,4-6H2,1-3H3,(H2,10,13)(H,11,14). The van der Waals surface area contributed by atoms with Gasteiger partial charge in [0.1, 0.15) is 5.84 Å². The molecule has 0 aromatic heterocycles. The van der Waals surface area contributed by atoms with Crippen LogP contribution in [0.15, 0.2) is 5.16 Å². The van der Waals surface area contributed by atoms with E-state index in [0.717, 1.165) is 0 Å². The Hall–Kier alpha value is -1.30. The smallest absolute Gasteiger partial charge is 0.226 e. The molecule has 6 nitrogen and oxygen atoms in total. The van der Waals surface area contributed by atoms with Crippen LogP contribution in [0, 0.1) is 5.41 Å². The highest BCUT2D eigenvalue weighted by Crippen LogP contribution is 2.12. The van der Waals surface area contributed by atoms with Gasteiger partial charge >= 0.3 is 0 Å². The molecule has 0 unspecified atom stereocenters. The first-order chi connectivity index (χ1) is 6.94. The average Bonchev–Trinajstić information content (AvgIpc) is 2.22. The summed E-state index contributed by atoms with van der Waals surface area (Å²) < 4.78 is 0. The van der Waals surface area contributed by atoms with Crippen LogP contribution in [0.5, 0.6) is 0 Å². The summed E-state index contributed by atoms with van der Waals surface area (Å²) in [5.74, 6) is 0.166. The van der Waals surface area contributed by atoms with Crippen LogP contribution in [0.1, 0.15) is 20.3 Å². The van der Waals surface area contributed by atoms with Gasteiger partial charge in [0.2, 0.25) is 5.91 Å². The van der Waals surface area contributed by atoms with E-state index in [2.05, 4.69) is 15.8 Å². The number of amides is 1. The van der Waals surface area contributed by atoms with Crippen molar-refractivity contribution in [1.82, 2.24) is 10.6 Å². The average molecular weight is 216 g/mol. The lowest BCUT2D eigenvalue weighted by Crippen LogP contribution is -2.42. The molecule has 0 aliphatic rings. The Morgan fingerprint density at radius 2 is 2.13 bits per heavy atom. The molecule has 0 aliphatic carbocycles. The van der Waals surface area contributed by atoms with Gasteiger partial charge in [0.25, 0.3) is 0 Å². The Morgan fingerprint density at radius 1 is 1.53 bits per heavy atom. The topological polar surface area (TPSA) is 99.7 Å². The van der Waals surface area contributed by atoms with Crippen molar-refractivity contribution in [2.24, 2.45) is 16.3 Å². The van der Waals surface area contributed by atoms with Crippen LogP contribution in [-0.2, 0) is 4.79 Å². The molecule has 0 aliphatic heterocycles. The largest absolute Gasteiger partial charge is 0.409 e. The van der Waals surface area contributed by atoms with Crippen molar-refractivity contribution in [3.8, 4) is 0 Å². The molecule has 0 bridgehead atoms. The molecule has 1 amide bonds. The highest BCUT2D eigenvalue weighted by atomic mass is 16.4. The molecule has 5 N–H and O–H groups in total. The first kappa shape index (κ1) is 13.7. The van der Waals surface area contributed by atoms with E-state index in [1.165, 1.54) is 0 Å². The van der Waals surface area contributed by atoms with Gasteiger partial charge in [0.05, 0.1) is 5.41 Å². The second-order valence-electron chi connectivity index (χ2n) is 3.98. The Bertz CT molecular complexity index is 238. The van der Waals surface area contributed by atoms with E-state index in [4.69, 9.17) is 10.9 Å². The highest BCUT2D eigenvalue weighted by Gasteiger charge is 2.25. The number of hydrogen-bond acceptors (Lipinski definition) is 4. The van der Waals surface area contributed by atoms with Crippen LogP contribution in [-0.4, -0.2) is 37.1 Å². The minimum Gasteiger partial charge on any atom is -0.409 e. The lowest BCUT2D eigenvalue weighted by Gasteiger charge is -2.22. The third-order valence-electron chi connectivity index (χ3n) is 2.10. The molecule has 0 spiro atoms. The van der Waals surface area contributed by atoms with Crippen LogP contribution < -0.4 is 16.4 Å². The molecule has 0 aromatic rings. The summed E-state index contributed by atoms with van der Waals surface area (Å²) >= 11 is 0. The van der Waals surface area contributed by atoms with Crippen molar-refractivity contribution < 1.29 is 10.0 Å². The number of amidine groups is 1. The third-order valence-corrected chi connectivity index (χ3v) is 2.10. The zero-order valence-corrected chi connectivity index (χ0v) is 9.50. The molecule has 0 heterocycles. The summed E-state index contributed by atoms with van der Waals surface area (Å²) in [6, 6.07) is 0. The predicted molar refractivity (Wildman–Crippen MR) is 58.7 cm³/mol. The molecule has 0 saturated carbocycles. The summed E-state index contributed by atoms with van der Waals surface area (Å²) in [5, 5.41) is 16.8. The van der Waals surface area contributed by atoms with Gasteiger partial charge < -0.3 is 21.6 Å². The Kier molecular flexibility index (Phi) is 5.69. The number of hydrogen-bond donors (Lipinski definition) is 4. The van der Waals surface area contributed by atoms with Crippen molar-refractivity contribution in [2.45, 2.75) is 20.3 Å². The molecule has 0 rings (SSSR count). The Balaban J connectivity index is 3.81. The lowest BCUT2D eigenvalue weighted by atomic mass is 9.92. The molecule has 6 heteroatoms. The van der Waals surface area contributed by atoms with Crippen molar-refractivity contribution in [1.29, 1.82) is 0 Å². The molecule has 0 aromatic carbocycles. The lowest BCUT2D eigenvalue weighted by molar-refractivity contribution is -0.128. The fourth-order valence-corrected chi connectivity index (χ4v) is 1.09. The van der Waals surface area contributed by atoms with Gasteiger partial charge in [-0.05, 0) is 13.8 Å². The van der Waals surface area contributed by atoms with E-state index in [9.17, 15) is 4.79 Å². The van der Waals surface area contributed by atoms with Crippen LogP contribution in [0.2, 0.25) is 0 Å². The maximum absolute atomic E-state index is 11.4. The minimum atomic E-state index is -0.458. The summed E-state index contributed by atoms with van der Waals surface area (Å²) in [7, 11) is 1.61. The predicted octanol–water partition coefficient (Wildman–Crippen LogP) is -0.515. The summed E-state index contributed by atoms with van der Waals surface area (Å²) in [4.78, 5) is 11.4. The van der Waals surface area contributed by atoms with Gasteiger partial charge in [0, 0.05) is 26.6 Å². The van der Waals surface area contributed by atoms with Gasteiger partial charge in [-0.2, -0.15) is 0 Å². The summed E-state index contributed by atoms with van der Waals surface area (Å²) in [6.07, 6.45) is 0.459. The van der Waals surface area contributed by atoms with E-state index in [1.54, 1.807) is 7.05 Å². The molecule has 0 atom stereocenters. The zero-order valence-electron chi connectivity index (χ0n) is 9.50. The molecular weight excluding hydrogens is 196 g/mol. The van der Waals surface area contributed by atoms with Crippen LogP contribution >= 0.6 is 0 Å². The van der Waals surface area contributed by atoms with E-state index < -0.39 is 5.41 Å². The number of nitrogens with one attached hydrogen (secondary N) is 2. The van der Waals surface area contributed by atoms with Crippen molar-refractivity contribution >= 4 is 11.7 Å². The Labute approximate surface area is 89.9 Å². The van der Waals surface area contributed by atoms with E-state index in [-0.39, 0.29) is 11.7 Å². The number of rotatable bonds is 6. The first-order valence-corrected chi connectivity index (χ1v) is 4.83. The highest BCUT2D eigenvalue weighted by molar-refractivity contribution is 5.81. The van der Waals surface area contributed by atoms with Crippen molar-refractivity contribution in [2.75, 3.05) is 20.1 Å². The second-order valence-corrected chi connectivity index (χ2v) is 3.98.